The summed E-state index contributed by atoms with van der Waals surface area (Å²) in [4.78, 5) is 4.41. The van der Waals surface area contributed by atoms with Crippen LogP contribution in [0.1, 0.15) is 12.8 Å². The van der Waals surface area contributed by atoms with E-state index < -0.39 is 0 Å². The Hall–Kier alpha value is -2.57. The molecule has 0 bridgehead atoms. The molecule has 2 N–H and O–H groups in total. The molecule has 0 saturated carbocycles. The highest BCUT2D eigenvalue weighted by Crippen LogP contribution is 2.22. The molecule has 1 aliphatic rings. The second-order valence-corrected chi connectivity index (χ2v) is 6.39. The third-order valence-corrected chi connectivity index (χ3v) is 4.56. The maximum absolute atomic E-state index is 5.90. The molecule has 0 aliphatic carbocycles. The summed E-state index contributed by atoms with van der Waals surface area (Å²) in [5.74, 6) is 0.827. The van der Waals surface area contributed by atoms with Crippen LogP contribution in [0.25, 0.3) is 16.7 Å². The van der Waals surface area contributed by atoms with E-state index in [1.807, 2.05) is 53.4 Å². The van der Waals surface area contributed by atoms with E-state index in [-0.39, 0.29) is 0 Å². The molecule has 2 aromatic carbocycles. The first-order chi connectivity index (χ1) is 12.8. The van der Waals surface area contributed by atoms with Crippen LogP contribution in [0, 0.1) is 0 Å². The van der Waals surface area contributed by atoms with E-state index in [1.54, 1.807) is 0 Å². The minimum atomic E-state index is 0.302. The molecule has 1 fully saturated rings. The molecule has 6 nitrogen and oxygen atoms in total. The predicted octanol–water partition coefficient (Wildman–Crippen LogP) is 3.18. The zero-order valence-corrected chi connectivity index (χ0v) is 14.6. The van der Waals surface area contributed by atoms with E-state index >= 15 is 0 Å². The summed E-state index contributed by atoms with van der Waals surface area (Å²) in [5, 5.41) is 0. The first kappa shape index (κ1) is 16.9. The second kappa shape index (κ2) is 7.76. The number of rotatable bonds is 6. The minimum absolute atomic E-state index is 0.302. The molecule has 0 unspecified atom stereocenters. The van der Waals surface area contributed by atoms with Gasteiger partial charge in [0.25, 0.3) is 0 Å². The van der Waals surface area contributed by atoms with Crippen molar-refractivity contribution in [1.29, 1.82) is 0 Å². The average molecular weight is 353 g/mol. The smallest absolute Gasteiger partial charge is 0.119 e. The monoisotopic (exact) mass is 353 g/mol. The summed E-state index contributed by atoms with van der Waals surface area (Å²) in [7, 11) is 0. The van der Waals surface area contributed by atoms with E-state index in [9.17, 15) is 0 Å². The fraction of sp³-hybridized carbons (Fsp3) is 0.350. The van der Waals surface area contributed by atoms with E-state index in [0.717, 1.165) is 54.2 Å². The van der Waals surface area contributed by atoms with Crippen molar-refractivity contribution in [3.8, 4) is 11.4 Å². The number of hydrogen-bond donors (Lipinski definition) is 1. The predicted molar refractivity (Wildman–Crippen MR) is 101 cm³/mol. The maximum Gasteiger partial charge on any atom is 0.119 e. The number of nitrogens with zero attached hydrogens (tertiary/aromatic N) is 2. The topological polar surface area (TPSA) is 71.5 Å². The Morgan fingerprint density at radius 2 is 1.88 bits per heavy atom. The third kappa shape index (κ3) is 3.81. The van der Waals surface area contributed by atoms with Crippen molar-refractivity contribution in [3.63, 3.8) is 0 Å². The van der Waals surface area contributed by atoms with Crippen LogP contribution in [0.15, 0.2) is 48.8 Å². The standard InChI is InChI=1S/C20H23N3O3/c21-15-1-6-19-20(13-15)23(14-22-19)16-2-4-17(5-3-16)25-11-12-26-18-7-9-24-10-8-18/h1-6,13-14,18H,7-12,21H2. The zero-order valence-electron chi connectivity index (χ0n) is 14.6. The summed E-state index contributed by atoms with van der Waals surface area (Å²) < 4.78 is 18.9. The van der Waals surface area contributed by atoms with Gasteiger partial charge in [0.05, 0.1) is 23.7 Å². The first-order valence-electron chi connectivity index (χ1n) is 8.95. The van der Waals surface area contributed by atoms with Gasteiger partial charge in [-0.1, -0.05) is 0 Å². The summed E-state index contributed by atoms with van der Waals surface area (Å²) in [6.07, 6.45) is 4.05. The van der Waals surface area contributed by atoms with Crippen molar-refractivity contribution in [2.45, 2.75) is 18.9 Å². The van der Waals surface area contributed by atoms with Crippen LogP contribution in [0.3, 0.4) is 0 Å². The highest BCUT2D eigenvalue weighted by Gasteiger charge is 2.13. The van der Waals surface area contributed by atoms with Gasteiger partial charge in [0.1, 0.15) is 18.7 Å². The number of nitrogen functional groups attached to an aromatic ring is 1. The van der Waals surface area contributed by atoms with Crippen LogP contribution in [0.2, 0.25) is 0 Å². The lowest BCUT2D eigenvalue weighted by Crippen LogP contribution is -2.25. The van der Waals surface area contributed by atoms with E-state index in [1.165, 1.54) is 0 Å². The van der Waals surface area contributed by atoms with Gasteiger partial charge in [-0.2, -0.15) is 0 Å². The number of anilines is 1. The van der Waals surface area contributed by atoms with Gasteiger partial charge in [-0.05, 0) is 55.3 Å². The van der Waals surface area contributed by atoms with Crippen molar-refractivity contribution in [1.82, 2.24) is 9.55 Å². The fourth-order valence-corrected chi connectivity index (χ4v) is 3.15. The molecule has 4 rings (SSSR count). The molecule has 1 saturated heterocycles. The van der Waals surface area contributed by atoms with Crippen LogP contribution < -0.4 is 10.5 Å². The van der Waals surface area contributed by atoms with Gasteiger partial charge in [0, 0.05) is 24.6 Å². The molecular formula is C20H23N3O3. The Labute approximate surface area is 152 Å². The zero-order chi connectivity index (χ0) is 17.8. The number of aromatic nitrogens is 2. The Balaban J connectivity index is 1.35. The molecule has 3 aromatic rings. The molecule has 1 aliphatic heterocycles. The van der Waals surface area contributed by atoms with Gasteiger partial charge in [0.15, 0.2) is 0 Å². The first-order valence-corrected chi connectivity index (χ1v) is 8.95. The van der Waals surface area contributed by atoms with Gasteiger partial charge in [-0.25, -0.2) is 4.98 Å². The van der Waals surface area contributed by atoms with E-state index in [4.69, 9.17) is 19.9 Å². The molecule has 0 radical (unpaired) electrons. The Morgan fingerprint density at radius 3 is 2.69 bits per heavy atom. The van der Waals surface area contributed by atoms with Crippen molar-refractivity contribution >= 4 is 16.7 Å². The SMILES string of the molecule is Nc1ccc2ncn(-c3ccc(OCCOC4CCOCC4)cc3)c2c1. The highest BCUT2D eigenvalue weighted by molar-refractivity contribution is 5.80. The molecule has 0 amide bonds. The number of hydrogen-bond acceptors (Lipinski definition) is 5. The largest absolute Gasteiger partial charge is 0.491 e. The summed E-state index contributed by atoms with van der Waals surface area (Å²) in [6, 6.07) is 13.7. The lowest BCUT2D eigenvalue weighted by molar-refractivity contribution is -0.0388. The van der Waals surface area contributed by atoms with Crippen molar-refractivity contribution in [3.05, 3.63) is 48.8 Å². The molecule has 2 heterocycles. The molecule has 26 heavy (non-hydrogen) atoms. The molecule has 0 atom stereocenters. The van der Waals surface area contributed by atoms with Crippen molar-refractivity contribution < 1.29 is 14.2 Å². The molecular weight excluding hydrogens is 330 g/mol. The quantitative estimate of drug-likeness (QED) is 0.544. The van der Waals surface area contributed by atoms with Gasteiger partial charge in [-0.15, -0.1) is 0 Å². The van der Waals surface area contributed by atoms with Gasteiger partial charge in [0.2, 0.25) is 0 Å². The lowest BCUT2D eigenvalue weighted by Gasteiger charge is -2.22. The Morgan fingerprint density at radius 1 is 1.08 bits per heavy atom. The average Bonchev–Trinajstić information content (AvgIpc) is 3.09. The molecule has 6 heteroatoms. The number of fused-ring (bicyclic) bond motifs is 1. The number of imidazole rings is 1. The third-order valence-electron chi connectivity index (χ3n) is 4.56. The number of benzene rings is 2. The van der Waals surface area contributed by atoms with E-state index in [0.29, 0.717) is 19.3 Å². The maximum atomic E-state index is 5.90. The van der Waals surface area contributed by atoms with Gasteiger partial charge in [-0.3, -0.25) is 4.57 Å². The minimum Gasteiger partial charge on any atom is -0.491 e. The summed E-state index contributed by atoms with van der Waals surface area (Å²) in [5.41, 5.74) is 9.55. The lowest BCUT2D eigenvalue weighted by atomic mass is 10.2. The van der Waals surface area contributed by atoms with Crippen LogP contribution in [-0.2, 0) is 9.47 Å². The van der Waals surface area contributed by atoms with Crippen LogP contribution in [0.5, 0.6) is 5.75 Å². The van der Waals surface area contributed by atoms with Gasteiger partial charge >= 0.3 is 0 Å². The second-order valence-electron chi connectivity index (χ2n) is 6.39. The van der Waals surface area contributed by atoms with Crippen LogP contribution in [0.4, 0.5) is 5.69 Å². The summed E-state index contributed by atoms with van der Waals surface area (Å²) >= 11 is 0. The highest BCUT2D eigenvalue weighted by atomic mass is 16.5. The normalized spacial score (nSPS) is 15.4. The van der Waals surface area contributed by atoms with Gasteiger partial charge < -0.3 is 19.9 Å². The molecule has 136 valence electrons. The van der Waals surface area contributed by atoms with Crippen molar-refractivity contribution in [2.24, 2.45) is 0 Å². The fourth-order valence-electron chi connectivity index (χ4n) is 3.15. The Bertz CT molecular complexity index is 854. The van der Waals surface area contributed by atoms with E-state index in [2.05, 4.69) is 4.98 Å². The summed E-state index contributed by atoms with van der Waals surface area (Å²) in [6.45, 7) is 2.72. The Kier molecular flexibility index (Phi) is 5.04. The van der Waals surface area contributed by atoms with Crippen LogP contribution in [-0.4, -0.2) is 42.1 Å². The number of nitrogens with two attached hydrogens (primary N) is 1. The van der Waals surface area contributed by atoms with Crippen LogP contribution >= 0.6 is 0 Å². The number of ether oxygens (including phenoxy) is 3. The molecule has 1 aromatic heterocycles. The molecule has 0 spiro atoms. The van der Waals surface area contributed by atoms with Crippen molar-refractivity contribution in [2.75, 3.05) is 32.2 Å².